The lowest BCUT2D eigenvalue weighted by atomic mass is 9.90. The van der Waals surface area contributed by atoms with Gasteiger partial charge in [0.1, 0.15) is 0 Å². The molecule has 0 fully saturated rings. The zero-order valence-electron chi connectivity index (χ0n) is 20.1. The van der Waals surface area contributed by atoms with Gasteiger partial charge in [0.2, 0.25) is 0 Å². The standard InChI is InChI=1S/C31H18N2O2.CO2/c1-33-27-8-3-2-7-26(27)32-30(33)24-15-23(16-25(17-24)31(34)35)22-13-20-11-9-18-5-4-6-19-10-12-21(14-22)29(20)28(18)19;2-1-3/h2-13,16-17H,1H3,(H,34,35);/q-2;. The molecule has 0 saturated carbocycles. The van der Waals surface area contributed by atoms with Crippen LogP contribution in [0.3, 0.4) is 0 Å². The van der Waals surface area contributed by atoms with Crippen LogP contribution >= 0.6 is 0 Å². The van der Waals surface area contributed by atoms with Gasteiger partial charge in [0.15, 0.2) is 0 Å². The van der Waals surface area contributed by atoms with Crippen LogP contribution in [0.1, 0.15) is 10.4 Å². The number of hydrogen-bond acceptors (Lipinski definition) is 4. The number of carbonyl (C=O) groups is 1. The molecular weight excluding hydrogens is 476 g/mol. The average molecular weight is 495 g/mol. The Bertz CT molecular complexity index is 1990. The van der Waals surface area contributed by atoms with Crippen molar-refractivity contribution < 1.29 is 19.5 Å². The van der Waals surface area contributed by atoms with Crippen LogP contribution in [0.15, 0.2) is 84.9 Å². The Morgan fingerprint density at radius 1 is 0.789 bits per heavy atom. The van der Waals surface area contributed by atoms with Gasteiger partial charge in [-0.3, -0.25) is 4.98 Å². The number of fused-ring (bicyclic) bond motifs is 1. The van der Waals surface area contributed by atoms with E-state index in [1.165, 1.54) is 21.5 Å². The SMILES string of the molecule is Cn1c(-c2[c-]c(-c3[c-]c4ccc5cccc6ccc(c3)c4c56)cc(C(=O)O)c2)nc2ccccc21.O=C=O. The van der Waals surface area contributed by atoms with E-state index in [0.29, 0.717) is 17.0 Å². The summed E-state index contributed by atoms with van der Waals surface area (Å²) in [5, 5.41) is 16.8. The molecule has 7 rings (SSSR count). The first-order chi connectivity index (χ1) is 18.5. The molecule has 0 unspecified atom stereocenters. The highest BCUT2D eigenvalue weighted by Crippen LogP contribution is 2.38. The van der Waals surface area contributed by atoms with Crippen LogP contribution in [0.25, 0.3) is 65.9 Å². The van der Waals surface area contributed by atoms with Crippen molar-refractivity contribution in [2.45, 2.75) is 0 Å². The quantitative estimate of drug-likeness (QED) is 0.223. The normalized spacial score (nSPS) is 11.1. The number of nitrogens with zero attached hydrogens (tertiary/aromatic N) is 2. The van der Waals surface area contributed by atoms with Crippen molar-refractivity contribution in [1.29, 1.82) is 0 Å². The summed E-state index contributed by atoms with van der Waals surface area (Å²) in [6.45, 7) is 0. The molecule has 0 amide bonds. The van der Waals surface area contributed by atoms with Gasteiger partial charge in [0.05, 0.1) is 16.9 Å². The number of para-hydroxylation sites is 2. The molecule has 0 spiro atoms. The van der Waals surface area contributed by atoms with Crippen molar-refractivity contribution in [3.63, 3.8) is 0 Å². The molecule has 6 aromatic carbocycles. The van der Waals surface area contributed by atoms with Crippen LogP contribution in [0.2, 0.25) is 0 Å². The molecule has 0 aliphatic rings. The van der Waals surface area contributed by atoms with Gasteiger partial charge >= 0.3 is 12.1 Å². The first kappa shape index (κ1) is 23.1. The maximum absolute atomic E-state index is 12.1. The lowest BCUT2D eigenvalue weighted by Crippen LogP contribution is -2.00. The second-order valence-electron chi connectivity index (χ2n) is 8.97. The summed E-state index contributed by atoms with van der Waals surface area (Å²) in [6, 6.07) is 35.0. The molecule has 0 radical (unpaired) electrons. The summed E-state index contributed by atoms with van der Waals surface area (Å²) in [7, 11) is 1.94. The lowest BCUT2D eigenvalue weighted by molar-refractivity contribution is -0.191. The molecule has 7 aromatic rings. The van der Waals surface area contributed by atoms with Crippen LogP contribution in [0, 0.1) is 12.1 Å². The molecule has 0 aliphatic heterocycles. The predicted octanol–water partition coefficient (Wildman–Crippen LogP) is 6.52. The number of imidazole rings is 1. The minimum atomic E-state index is -0.988. The van der Waals surface area contributed by atoms with Gasteiger partial charge in [-0.2, -0.15) is 38.9 Å². The zero-order valence-corrected chi connectivity index (χ0v) is 20.1. The Morgan fingerprint density at radius 2 is 1.45 bits per heavy atom. The van der Waals surface area contributed by atoms with Crippen molar-refractivity contribution in [3.8, 4) is 22.5 Å². The van der Waals surface area contributed by atoms with E-state index >= 15 is 0 Å². The number of carboxylic acids is 1. The topological polar surface area (TPSA) is 89.3 Å². The fourth-order valence-corrected chi connectivity index (χ4v) is 5.16. The average Bonchev–Trinajstić information content (AvgIpc) is 3.28. The van der Waals surface area contributed by atoms with E-state index in [-0.39, 0.29) is 11.7 Å². The fourth-order valence-electron chi connectivity index (χ4n) is 5.16. The molecule has 1 heterocycles. The molecule has 182 valence electrons. The Balaban J connectivity index is 0.000000843. The van der Waals surface area contributed by atoms with Crippen LogP contribution in [-0.2, 0) is 16.6 Å². The number of rotatable bonds is 3. The number of aromatic nitrogens is 2. The molecule has 0 bridgehead atoms. The van der Waals surface area contributed by atoms with Crippen molar-refractivity contribution >= 4 is 55.5 Å². The Hall–Kier alpha value is -5.32. The van der Waals surface area contributed by atoms with Crippen LogP contribution in [-0.4, -0.2) is 26.8 Å². The number of aryl methyl sites for hydroxylation is 1. The van der Waals surface area contributed by atoms with Crippen molar-refractivity contribution in [2.24, 2.45) is 7.05 Å². The molecule has 0 saturated heterocycles. The molecular formula is C32H18N2O4-2. The maximum Gasteiger partial charge on any atom is 0.373 e. The summed E-state index contributed by atoms with van der Waals surface area (Å²) >= 11 is 0. The molecule has 6 nitrogen and oxygen atoms in total. The van der Waals surface area contributed by atoms with Gasteiger partial charge in [-0.1, -0.05) is 64.9 Å². The summed E-state index contributed by atoms with van der Waals surface area (Å²) in [5.74, 6) is -0.314. The smallest absolute Gasteiger partial charge is 0.373 e. The second kappa shape index (κ2) is 8.96. The largest absolute Gasteiger partial charge is 0.479 e. The monoisotopic (exact) mass is 494 g/mol. The third-order valence-corrected chi connectivity index (χ3v) is 6.81. The Morgan fingerprint density at radius 3 is 2.18 bits per heavy atom. The molecule has 38 heavy (non-hydrogen) atoms. The third kappa shape index (κ3) is 3.68. The van der Waals surface area contributed by atoms with Crippen molar-refractivity contribution in [3.05, 3.63) is 103 Å². The minimum Gasteiger partial charge on any atom is -0.479 e. The van der Waals surface area contributed by atoms with Gasteiger partial charge in [0.25, 0.3) is 0 Å². The van der Waals surface area contributed by atoms with E-state index in [4.69, 9.17) is 14.6 Å². The summed E-state index contributed by atoms with van der Waals surface area (Å²) in [5.41, 5.74) is 4.15. The van der Waals surface area contributed by atoms with Crippen molar-refractivity contribution in [2.75, 3.05) is 0 Å². The highest BCUT2D eigenvalue weighted by atomic mass is 16.4. The van der Waals surface area contributed by atoms with E-state index in [1.54, 1.807) is 12.1 Å². The molecule has 1 N–H and O–H groups in total. The zero-order chi connectivity index (χ0) is 26.4. The summed E-state index contributed by atoms with van der Waals surface area (Å²) in [4.78, 5) is 33.1. The predicted molar refractivity (Wildman–Crippen MR) is 145 cm³/mol. The minimum absolute atomic E-state index is 0.194. The lowest BCUT2D eigenvalue weighted by Gasteiger charge is -2.23. The first-order valence-corrected chi connectivity index (χ1v) is 11.8. The third-order valence-electron chi connectivity index (χ3n) is 6.81. The van der Waals surface area contributed by atoms with Gasteiger partial charge in [0, 0.05) is 7.05 Å². The number of aromatic carboxylic acids is 1. The highest BCUT2D eigenvalue weighted by Gasteiger charge is 2.09. The Kier molecular flexibility index (Phi) is 5.45. The number of hydrogen-bond donors (Lipinski definition) is 1. The van der Waals surface area contributed by atoms with Gasteiger partial charge < -0.3 is 9.67 Å². The molecule has 0 aliphatic carbocycles. The van der Waals surface area contributed by atoms with Gasteiger partial charge in [-0.15, -0.1) is 23.6 Å². The highest BCUT2D eigenvalue weighted by molar-refractivity contribution is 6.23. The summed E-state index contributed by atoms with van der Waals surface area (Å²) in [6.07, 6.45) is 0.250. The van der Waals surface area contributed by atoms with E-state index in [2.05, 4.69) is 60.7 Å². The number of carboxylic acid groups (broad SMARTS) is 1. The van der Waals surface area contributed by atoms with E-state index < -0.39 is 5.97 Å². The van der Waals surface area contributed by atoms with E-state index in [1.807, 2.05) is 35.9 Å². The molecule has 6 heteroatoms. The maximum atomic E-state index is 12.1. The van der Waals surface area contributed by atoms with Crippen LogP contribution in [0.5, 0.6) is 0 Å². The van der Waals surface area contributed by atoms with E-state index in [9.17, 15) is 9.90 Å². The second-order valence-corrected chi connectivity index (χ2v) is 8.97. The number of carbonyl (C=O) groups excluding carboxylic acids is 2. The Labute approximate surface area is 216 Å². The number of benzene rings is 6. The van der Waals surface area contributed by atoms with Crippen LogP contribution in [0.4, 0.5) is 0 Å². The van der Waals surface area contributed by atoms with E-state index in [0.717, 1.165) is 27.4 Å². The van der Waals surface area contributed by atoms with Crippen molar-refractivity contribution in [1.82, 2.24) is 9.55 Å². The first-order valence-electron chi connectivity index (χ1n) is 11.8. The van der Waals surface area contributed by atoms with Crippen LogP contribution < -0.4 is 0 Å². The van der Waals surface area contributed by atoms with Gasteiger partial charge in [-0.25, -0.2) is 4.79 Å². The molecule has 1 aromatic heterocycles. The fraction of sp³-hybridized carbons (Fsp3) is 0.0312. The molecule has 0 atom stereocenters. The van der Waals surface area contributed by atoms with Gasteiger partial charge in [-0.05, 0) is 33.9 Å². The summed E-state index contributed by atoms with van der Waals surface area (Å²) < 4.78 is 1.97.